The fraction of sp³-hybridized carbons (Fsp3) is 0.409. The van der Waals surface area contributed by atoms with Crippen molar-refractivity contribution in [3.05, 3.63) is 56.6 Å². The van der Waals surface area contributed by atoms with E-state index in [-0.39, 0.29) is 11.3 Å². The summed E-state index contributed by atoms with van der Waals surface area (Å²) < 4.78 is 105. The molecule has 0 radical (unpaired) electrons. The zero-order chi connectivity index (χ0) is 27.6. The number of nitro groups is 1. The second-order valence-electron chi connectivity index (χ2n) is 8.23. The summed E-state index contributed by atoms with van der Waals surface area (Å²) in [5.74, 6) is -9.96. The molecule has 0 saturated carbocycles. The minimum absolute atomic E-state index is 0.0942. The first kappa shape index (κ1) is 27.4. The van der Waals surface area contributed by atoms with Crippen molar-refractivity contribution < 1.29 is 45.1 Å². The summed E-state index contributed by atoms with van der Waals surface area (Å²) in [5, 5.41) is 15.4. The van der Waals surface area contributed by atoms with E-state index in [0.717, 1.165) is 6.21 Å². The van der Waals surface area contributed by atoms with Crippen LogP contribution in [0.1, 0.15) is 11.1 Å². The lowest BCUT2D eigenvalue weighted by molar-refractivity contribution is -0.384. The predicted octanol–water partition coefficient (Wildman–Crippen LogP) is 4.29. The maximum absolute atomic E-state index is 14.2. The highest BCUT2D eigenvalue weighted by atomic mass is 19.4. The van der Waals surface area contributed by atoms with Crippen LogP contribution in [0.25, 0.3) is 0 Å². The third-order valence-corrected chi connectivity index (χ3v) is 5.95. The highest BCUT2D eigenvalue weighted by Gasteiger charge is 2.42. The molecule has 2 aromatic carbocycles. The average molecular weight is 551 g/mol. The molecule has 16 heteroatoms. The number of hydrazone groups is 1. The molecule has 0 spiro atoms. The second kappa shape index (κ2) is 11.0. The van der Waals surface area contributed by atoms with Crippen LogP contribution >= 0.6 is 0 Å². The Bertz CT molecular complexity index is 1220. The van der Waals surface area contributed by atoms with Crippen LogP contribution < -0.4 is 15.2 Å². The number of alkyl halides is 3. The Hall–Kier alpha value is -3.66. The number of rotatable bonds is 6. The van der Waals surface area contributed by atoms with Gasteiger partial charge in [0, 0.05) is 43.5 Å². The van der Waals surface area contributed by atoms with E-state index in [2.05, 4.69) is 5.10 Å². The molecular formula is C22H20F7N5O4. The molecule has 0 unspecified atom stereocenters. The van der Waals surface area contributed by atoms with Crippen LogP contribution in [-0.4, -0.2) is 63.7 Å². The van der Waals surface area contributed by atoms with Gasteiger partial charge in [-0.05, 0) is 6.07 Å². The number of anilines is 3. The van der Waals surface area contributed by atoms with Crippen molar-refractivity contribution in [1.29, 1.82) is 0 Å². The molecule has 2 heterocycles. The van der Waals surface area contributed by atoms with Crippen molar-refractivity contribution >= 4 is 29.0 Å². The molecule has 0 amide bonds. The van der Waals surface area contributed by atoms with Crippen molar-refractivity contribution in [3.63, 3.8) is 0 Å². The quantitative estimate of drug-likeness (QED) is 0.188. The van der Waals surface area contributed by atoms with Gasteiger partial charge in [-0.1, -0.05) is 0 Å². The molecule has 2 aromatic rings. The molecule has 38 heavy (non-hydrogen) atoms. The molecule has 2 aliphatic rings. The van der Waals surface area contributed by atoms with Crippen LogP contribution in [-0.2, 0) is 15.7 Å². The highest BCUT2D eigenvalue weighted by molar-refractivity contribution is 5.92. The lowest BCUT2D eigenvalue weighted by Crippen LogP contribution is -2.38. The molecule has 0 atom stereocenters. The monoisotopic (exact) mass is 551 g/mol. The molecular weight excluding hydrogens is 531 g/mol. The summed E-state index contributed by atoms with van der Waals surface area (Å²) in [6.07, 6.45) is -4.78. The van der Waals surface area contributed by atoms with Gasteiger partial charge in [0.1, 0.15) is 16.9 Å². The number of morpholine rings is 2. The van der Waals surface area contributed by atoms with Crippen LogP contribution in [0.2, 0.25) is 0 Å². The molecule has 4 rings (SSSR count). The second-order valence-corrected chi connectivity index (χ2v) is 8.23. The fourth-order valence-corrected chi connectivity index (χ4v) is 4.11. The molecule has 2 saturated heterocycles. The van der Waals surface area contributed by atoms with Gasteiger partial charge in [-0.3, -0.25) is 15.5 Å². The van der Waals surface area contributed by atoms with Gasteiger partial charge in [0.05, 0.1) is 37.6 Å². The minimum atomic E-state index is -5.69. The normalized spacial score (nSPS) is 16.8. The molecule has 0 aromatic heterocycles. The lowest BCUT2D eigenvalue weighted by atomic mass is 10.1. The smallest absolute Gasteiger partial charge is 0.378 e. The number of nitrogens with zero attached hydrogens (tertiary/aromatic N) is 4. The van der Waals surface area contributed by atoms with Gasteiger partial charge in [0.2, 0.25) is 0 Å². The predicted molar refractivity (Wildman–Crippen MR) is 122 cm³/mol. The number of benzene rings is 2. The Morgan fingerprint density at radius 3 is 1.84 bits per heavy atom. The Kier molecular flexibility index (Phi) is 7.91. The van der Waals surface area contributed by atoms with Crippen molar-refractivity contribution in [3.8, 4) is 0 Å². The van der Waals surface area contributed by atoms with E-state index in [0.29, 0.717) is 64.0 Å². The van der Waals surface area contributed by atoms with E-state index in [9.17, 15) is 40.8 Å². The number of nitro benzene ring substituents is 1. The van der Waals surface area contributed by atoms with Crippen LogP contribution in [0.4, 0.5) is 53.5 Å². The van der Waals surface area contributed by atoms with E-state index < -0.39 is 45.6 Å². The molecule has 0 bridgehead atoms. The molecule has 206 valence electrons. The van der Waals surface area contributed by atoms with E-state index >= 15 is 0 Å². The van der Waals surface area contributed by atoms with Crippen LogP contribution in [0, 0.1) is 33.4 Å². The maximum atomic E-state index is 14.2. The number of ether oxygens (including phenoxy) is 2. The Morgan fingerprint density at radius 1 is 0.868 bits per heavy atom. The molecule has 1 N–H and O–H groups in total. The highest BCUT2D eigenvalue weighted by Crippen LogP contribution is 2.39. The lowest BCUT2D eigenvalue weighted by Gasteiger charge is -2.33. The largest absolute Gasteiger partial charge is 0.422 e. The van der Waals surface area contributed by atoms with Gasteiger partial charge < -0.3 is 19.3 Å². The zero-order valence-electron chi connectivity index (χ0n) is 19.5. The van der Waals surface area contributed by atoms with Crippen molar-refractivity contribution in [1.82, 2.24) is 0 Å². The summed E-state index contributed by atoms with van der Waals surface area (Å²) in [6, 6.07) is 2.72. The van der Waals surface area contributed by atoms with Gasteiger partial charge in [-0.2, -0.15) is 18.3 Å². The molecule has 2 fully saturated rings. The minimum Gasteiger partial charge on any atom is -0.378 e. The van der Waals surface area contributed by atoms with Gasteiger partial charge in [0.15, 0.2) is 23.3 Å². The summed E-state index contributed by atoms with van der Waals surface area (Å²) in [6.45, 7) is 2.98. The van der Waals surface area contributed by atoms with Gasteiger partial charge in [0.25, 0.3) is 5.69 Å². The first-order valence-corrected chi connectivity index (χ1v) is 11.2. The van der Waals surface area contributed by atoms with Crippen LogP contribution in [0.5, 0.6) is 0 Å². The van der Waals surface area contributed by atoms with Crippen LogP contribution in [0.15, 0.2) is 17.2 Å². The van der Waals surface area contributed by atoms with Gasteiger partial charge in [-0.25, -0.2) is 17.6 Å². The first-order chi connectivity index (χ1) is 18.0. The van der Waals surface area contributed by atoms with Crippen molar-refractivity contribution in [2.75, 3.05) is 67.8 Å². The maximum Gasteiger partial charge on any atom is 0.422 e. The molecule has 0 aliphatic carbocycles. The SMILES string of the molecule is O=[N+]([O-])c1cc(/C=N/Nc2c(F)c(F)c(C(F)(F)F)c(F)c2F)c(N2CCOCC2)cc1N1CCOCC1. The first-order valence-electron chi connectivity index (χ1n) is 11.2. The zero-order valence-corrected chi connectivity index (χ0v) is 19.5. The Morgan fingerprint density at radius 2 is 1.37 bits per heavy atom. The van der Waals surface area contributed by atoms with Gasteiger partial charge >= 0.3 is 6.18 Å². The topological polar surface area (TPSA) is 92.5 Å². The number of hydrogen-bond acceptors (Lipinski definition) is 8. The van der Waals surface area contributed by atoms with E-state index in [4.69, 9.17) is 9.47 Å². The van der Waals surface area contributed by atoms with E-state index in [1.165, 1.54) is 6.07 Å². The van der Waals surface area contributed by atoms with E-state index in [1.807, 2.05) is 4.90 Å². The standard InChI is InChI=1S/C22H20F7N5O4/c23-17-16(22(27,28)29)18(24)20(26)21(19(17)25)31-30-11-12-9-15(34(35)36)14(33-3-7-38-8-4-33)10-13(12)32-1-5-37-6-2-32/h9-11,31H,1-8H2/b30-11+. The fourth-order valence-electron chi connectivity index (χ4n) is 4.11. The molecule has 2 aliphatic heterocycles. The number of nitrogens with one attached hydrogen (secondary N) is 1. The van der Waals surface area contributed by atoms with Gasteiger partial charge in [-0.15, -0.1) is 0 Å². The van der Waals surface area contributed by atoms with Crippen molar-refractivity contribution in [2.45, 2.75) is 6.18 Å². The summed E-state index contributed by atoms with van der Waals surface area (Å²) in [7, 11) is 0. The Balaban J connectivity index is 1.74. The van der Waals surface area contributed by atoms with Crippen molar-refractivity contribution in [2.24, 2.45) is 5.10 Å². The summed E-state index contributed by atoms with van der Waals surface area (Å²) in [4.78, 5) is 14.8. The third-order valence-electron chi connectivity index (χ3n) is 5.95. The van der Waals surface area contributed by atoms with Crippen LogP contribution in [0.3, 0.4) is 0 Å². The summed E-state index contributed by atoms with van der Waals surface area (Å²) in [5.41, 5.74) is -2.11. The number of hydrogen-bond donors (Lipinski definition) is 1. The Labute approximate surface area is 210 Å². The summed E-state index contributed by atoms with van der Waals surface area (Å²) >= 11 is 0. The average Bonchev–Trinajstić information content (AvgIpc) is 2.89. The molecule has 9 nitrogen and oxygen atoms in total. The third kappa shape index (κ3) is 5.45. The van der Waals surface area contributed by atoms with E-state index in [1.54, 1.807) is 16.4 Å². The number of halogens is 7.